The van der Waals surface area contributed by atoms with E-state index in [4.69, 9.17) is 5.11 Å². The van der Waals surface area contributed by atoms with Crippen molar-refractivity contribution in [3.05, 3.63) is 11.8 Å². The molecule has 1 N–H and O–H groups in total. The van der Waals surface area contributed by atoms with Crippen molar-refractivity contribution in [2.45, 2.75) is 26.2 Å². The van der Waals surface area contributed by atoms with Crippen LogP contribution in [0.15, 0.2) is 11.8 Å². The highest BCUT2D eigenvalue weighted by molar-refractivity contribution is 5.93. The molecule has 0 atom stereocenters. The van der Waals surface area contributed by atoms with Gasteiger partial charge in [-0.05, 0) is 12.8 Å². The van der Waals surface area contributed by atoms with Crippen molar-refractivity contribution in [3.8, 4) is 0 Å². The Hall–Kier alpha value is -1.32. The summed E-state index contributed by atoms with van der Waals surface area (Å²) in [5.41, 5.74) is 0.130. The van der Waals surface area contributed by atoms with E-state index in [2.05, 4.69) is 0 Å². The van der Waals surface area contributed by atoms with E-state index in [1.165, 1.54) is 4.90 Å². The summed E-state index contributed by atoms with van der Waals surface area (Å²) in [6, 6.07) is 0. The summed E-state index contributed by atoms with van der Waals surface area (Å²) in [5, 5.41) is 8.82. The molecule has 1 aliphatic rings. The number of amides is 1. The lowest BCUT2D eigenvalue weighted by atomic mass is 10.3. The minimum atomic E-state index is -1.02. The second-order valence-corrected chi connectivity index (χ2v) is 2.95. The van der Waals surface area contributed by atoms with E-state index in [9.17, 15) is 9.59 Å². The van der Waals surface area contributed by atoms with Crippen LogP contribution in [-0.4, -0.2) is 28.4 Å². The van der Waals surface area contributed by atoms with Crippen LogP contribution in [0, 0.1) is 0 Å². The highest BCUT2D eigenvalue weighted by Gasteiger charge is 2.26. The largest absolute Gasteiger partial charge is 0.477 e. The van der Waals surface area contributed by atoms with Crippen molar-refractivity contribution in [1.82, 2.24) is 4.90 Å². The van der Waals surface area contributed by atoms with Crippen LogP contribution in [0.5, 0.6) is 0 Å². The van der Waals surface area contributed by atoms with Gasteiger partial charge in [0.2, 0.25) is 5.91 Å². The van der Waals surface area contributed by atoms with Crippen molar-refractivity contribution in [1.29, 1.82) is 0 Å². The quantitative estimate of drug-likeness (QED) is 0.664. The molecule has 0 bridgehead atoms. The third-order valence-corrected chi connectivity index (χ3v) is 1.98. The molecule has 0 aliphatic carbocycles. The molecule has 0 aromatic carbocycles. The number of aliphatic carboxylic acids is 1. The third-order valence-electron chi connectivity index (χ3n) is 1.98. The Morgan fingerprint density at radius 1 is 1.69 bits per heavy atom. The lowest BCUT2D eigenvalue weighted by Gasteiger charge is -2.15. The first-order valence-electron chi connectivity index (χ1n) is 4.40. The van der Waals surface area contributed by atoms with Crippen molar-refractivity contribution >= 4 is 11.9 Å². The molecule has 4 heteroatoms. The van der Waals surface area contributed by atoms with Crippen LogP contribution >= 0.6 is 0 Å². The van der Waals surface area contributed by atoms with Gasteiger partial charge in [0.1, 0.15) is 5.70 Å². The van der Waals surface area contributed by atoms with Crippen molar-refractivity contribution in [3.63, 3.8) is 0 Å². The molecule has 1 amide bonds. The monoisotopic (exact) mass is 183 g/mol. The zero-order valence-corrected chi connectivity index (χ0v) is 7.62. The van der Waals surface area contributed by atoms with E-state index >= 15 is 0 Å². The van der Waals surface area contributed by atoms with Gasteiger partial charge in [-0.3, -0.25) is 4.79 Å². The average Bonchev–Trinajstić information content (AvgIpc) is 2.47. The first-order valence-corrected chi connectivity index (χ1v) is 4.40. The molecule has 0 aromatic heterocycles. The van der Waals surface area contributed by atoms with Gasteiger partial charge in [0.15, 0.2) is 0 Å². The second-order valence-electron chi connectivity index (χ2n) is 2.95. The number of carbonyl (C=O) groups excluding carboxylic acids is 1. The maximum Gasteiger partial charge on any atom is 0.352 e. The Kier molecular flexibility index (Phi) is 3.06. The van der Waals surface area contributed by atoms with Crippen LogP contribution in [0.3, 0.4) is 0 Å². The summed E-state index contributed by atoms with van der Waals surface area (Å²) in [7, 11) is 0. The normalized spacial score (nSPS) is 18.1. The minimum Gasteiger partial charge on any atom is -0.477 e. The molecule has 0 unspecified atom stereocenters. The van der Waals surface area contributed by atoms with E-state index in [0.29, 0.717) is 19.4 Å². The predicted octanol–water partition coefficient (Wildman–Crippen LogP) is 0.987. The lowest BCUT2D eigenvalue weighted by molar-refractivity contribution is -0.138. The van der Waals surface area contributed by atoms with Crippen molar-refractivity contribution in [2.75, 3.05) is 6.54 Å². The molecule has 13 heavy (non-hydrogen) atoms. The van der Waals surface area contributed by atoms with Gasteiger partial charge in [-0.15, -0.1) is 0 Å². The van der Waals surface area contributed by atoms with Crippen LogP contribution < -0.4 is 0 Å². The van der Waals surface area contributed by atoms with Crippen LogP contribution in [0.25, 0.3) is 0 Å². The zero-order chi connectivity index (χ0) is 9.84. The summed E-state index contributed by atoms with van der Waals surface area (Å²) < 4.78 is 0. The molecule has 1 fully saturated rings. The van der Waals surface area contributed by atoms with E-state index in [-0.39, 0.29) is 11.6 Å². The number of carboxylic acid groups (broad SMARTS) is 1. The smallest absolute Gasteiger partial charge is 0.352 e. The van der Waals surface area contributed by atoms with Gasteiger partial charge in [-0.25, -0.2) is 4.79 Å². The molecule has 72 valence electrons. The van der Waals surface area contributed by atoms with Crippen LogP contribution in [0.2, 0.25) is 0 Å². The number of nitrogens with zero attached hydrogens (tertiary/aromatic N) is 1. The van der Waals surface area contributed by atoms with Gasteiger partial charge in [0, 0.05) is 13.0 Å². The number of hydrogen-bond acceptors (Lipinski definition) is 2. The highest BCUT2D eigenvalue weighted by atomic mass is 16.4. The van der Waals surface area contributed by atoms with Gasteiger partial charge < -0.3 is 10.0 Å². The third kappa shape index (κ3) is 2.08. The minimum absolute atomic E-state index is 0.0814. The van der Waals surface area contributed by atoms with Crippen LogP contribution in [0.1, 0.15) is 26.2 Å². The fourth-order valence-corrected chi connectivity index (χ4v) is 1.41. The van der Waals surface area contributed by atoms with Crippen molar-refractivity contribution in [2.24, 2.45) is 0 Å². The molecule has 0 radical (unpaired) electrons. The number of carboxylic acids is 1. The SMILES string of the molecule is CC/C=C(\C(=O)O)N1CCCC1=O. The molecule has 1 saturated heterocycles. The fraction of sp³-hybridized carbons (Fsp3) is 0.556. The molecule has 4 nitrogen and oxygen atoms in total. The number of rotatable bonds is 3. The van der Waals surface area contributed by atoms with Crippen LogP contribution in [-0.2, 0) is 9.59 Å². The van der Waals surface area contributed by atoms with Gasteiger partial charge in [0.25, 0.3) is 0 Å². The Morgan fingerprint density at radius 3 is 2.77 bits per heavy atom. The van der Waals surface area contributed by atoms with Gasteiger partial charge >= 0.3 is 5.97 Å². The number of carbonyl (C=O) groups is 2. The average molecular weight is 183 g/mol. The molecule has 0 aromatic rings. The van der Waals surface area contributed by atoms with Crippen molar-refractivity contribution < 1.29 is 14.7 Å². The van der Waals surface area contributed by atoms with Gasteiger partial charge in [0.05, 0.1) is 0 Å². The van der Waals surface area contributed by atoms with E-state index < -0.39 is 5.97 Å². The topological polar surface area (TPSA) is 57.6 Å². The molecule has 0 spiro atoms. The molecule has 0 saturated carbocycles. The standard InChI is InChI=1S/C9H13NO3/c1-2-4-7(9(12)13)10-6-3-5-8(10)11/h4H,2-3,5-6H2,1H3,(H,12,13)/b7-4+. The van der Waals surface area contributed by atoms with Gasteiger partial charge in [-0.1, -0.05) is 13.0 Å². The maximum atomic E-state index is 11.2. The summed E-state index contributed by atoms with van der Waals surface area (Å²) in [6.45, 7) is 2.39. The Labute approximate surface area is 76.8 Å². The summed E-state index contributed by atoms with van der Waals surface area (Å²) >= 11 is 0. The maximum absolute atomic E-state index is 11.2. The van der Waals surface area contributed by atoms with Crippen LogP contribution in [0.4, 0.5) is 0 Å². The summed E-state index contributed by atoms with van der Waals surface area (Å²) in [5.74, 6) is -1.10. The van der Waals surface area contributed by atoms with E-state index in [1.807, 2.05) is 6.92 Å². The molecular weight excluding hydrogens is 170 g/mol. The fourth-order valence-electron chi connectivity index (χ4n) is 1.41. The Bertz CT molecular complexity index is 258. The number of likely N-dealkylation sites (tertiary alicyclic amines) is 1. The number of allylic oxidation sites excluding steroid dienone is 1. The number of hydrogen-bond donors (Lipinski definition) is 1. The molecule has 1 heterocycles. The first kappa shape index (κ1) is 9.77. The first-order chi connectivity index (χ1) is 6.16. The van der Waals surface area contributed by atoms with Gasteiger partial charge in [-0.2, -0.15) is 0 Å². The Morgan fingerprint density at radius 2 is 2.38 bits per heavy atom. The predicted molar refractivity (Wildman–Crippen MR) is 47.0 cm³/mol. The molecular formula is C9H13NO3. The summed E-state index contributed by atoms with van der Waals surface area (Å²) in [4.78, 5) is 23.3. The van der Waals surface area contributed by atoms with E-state index in [0.717, 1.165) is 6.42 Å². The van der Waals surface area contributed by atoms with E-state index in [1.54, 1.807) is 6.08 Å². The second kappa shape index (κ2) is 4.07. The molecule has 1 rings (SSSR count). The lowest BCUT2D eigenvalue weighted by Crippen LogP contribution is -2.28. The highest BCUT2D eigenvalue weighted by Crippen LogP contribution is 2.16. The Balaban J connectivity index is 2.81. The summed E-state index contributed by atoms with van der Waals surface area (Å²) in [6.07, 6.45) is 3.43. The molecule has 1 aliphatic heterocycles. The zero-order valence-electron chi connectivity index (χ0n) is 7.62.